The minimum Gasteiger partial charge on any atom is -0.481 e. The molecule has 1 aliphatic rings. The Morgan fingerprint density at radius 2 is 2.00 bits per heavy atom. The molecule has 0 aromatic heterocycles. The molecule has 0 saturated carbocycles. The van der Waals surface area contributed by atoms with Gasteiger partial charge in [0.05, 0.1) is 11.5 Å². The summed E-state index contributed by atoms with van der Waals surface area (Å²) in [6.45, 7) is 0. The Kier molecular flexibility index (Phi) is 5.93. The van der Waals surface area contributed by atoms with E-state index in [-0.39, 0.29) is 17.4 Å². The van der Waals surface area contributed by atoms with Gasteiger partial charge in [0.15, 0.2) is 0 Å². The van der Waals surface area contributed by atoms with E-state index in [1.165, 1.54) is 0 Å². The number of nitrogens with one attached hydrogen (secondary N) is 1. The summed E-state index contributed by atoms with van der Waals surface area (Å²) in [5.74, 6) is 1.53. The van der Waals surface area contributed by atoms with Crippen molar-refractivity contribution in [2.45, 2.75) is 18.9 Å². The second-order valence-electron chi connectivity index (χ2n) is 3.34. The van der Waals surface area contributed by atoms with Crippen LogP contribution in [0.4, 0.5) is 0 Å². The summed E-state index contributed by atoms with van der Waals surface area (Å²) in [5.41, 5.74) is 0. The molecule has 2 N–H and O–H groups in total. The molecular formula is C9H15NO3S2. The molecule has 1 saturated heterocycles. The maximum Gasteiger partial charge on any atom is 0.313 e. The number of thioether (sulfide) groups is 2. The lowest BCUT2D eigenvalue weighted by atomic mass is 10.1. The number of carboxylic acid groups (broad SMARTS) is 1. The van der Waals surface area contributed by atoms with Crippen LogP contribution in [0.5, 0.6) is 0 Å². The van der Waals surface area contributed by atoms with Crippen LogP contribution in [0.3, 0.4) is 0 Å². The van der Waals surface area contributed by atoms with Gasteiger partial charge in [-0.15, -0.1) is 11.8 Å². The molecule has 0 unspecified atom stereocenters. The van der Waals surface area contributed by atoms with Crippen molar-refractivity contribution < 1.29 is 14.7 Å². The number of rotatable bonds is 5. The van der Waals surface area contributed by atoms with Crippen LogP contribution in [0.15, 0.2) is 0 Å². The second kappa shape index (κ2) is 7.00. The normalized spacial score (nSPS) is 17.3. The summed E-state index contributed by atoms with van der Waals surface area (Å²) in [6, 6.07) is 0.296. The van der Waals surface area contributed by atoms with E-state index in [1.807, 2.05) is 11.8 Å². The highest BCUT2D eigenvalue weighted by Gasteiger charge is 2.15. The molecule has 15 heavy (non-hydrogen) atoms. The first-order chi connectivity index (χ1) is 7.18. The van der Waals surface area contributed by atoms with Gasteiger partial charge in [0.2, 0.25) is 5.91 Å². The highest BCUT2D eigenvalue weighted by molar-refractivity contribution is 8.00. The van der Waals surface area contributed by atoms with Crippen LogP contribution in [0, 0.1) is 0 Å². The van der Waals surface area contributed by atoms with Crippen molar-refractivity contribution in [3.05, 3.63) is 0 Å². The van der Waals surface area contributed by atoms with E-state index in [4.69, 9.17) is 5.11 Å². The molecule has 1 amide bonds. The number of carbonyl (C=O) groups is 2. The summed E-state index contributed by atoms with van der Waals surface area (Å²) in [7, 11) is 0. The van der Waals surface area contributed by atoms with Gasteiger partial charge < -0.3 is 10.4 Å². The predicted octanol–water partition coefficient (Wildman–Crippen LogP) is 0.816. The summed E-state index contributed by atoms with van der Waals surface area (Å²) in [4.78, 5) is 21.6. The minimum absolute atomic E-state index is 0.00601. The fourth-order valence-electron chi connectivity index (χ4n) is 1.34. The molecule has 0 spiro atoms. The fourth-order valence-corrected chi connectivity index (χ4v) is 2.99. The van der Waals surface area contributed by atoms with E-state index in [2.05, 4.69) is 5.32 Å². The van der Waals surface area contributed by atoms with E-state index < -0.39 is 5.97 Å². The Bertz CT molecular complexity index is 229. The topological polar surface area (TPSA) is 66.4 Å². The standard InChI is InChI=1S/C9H15NO3S2/c11-8(5-15-6-9(12)13)10-7-1-3-14-4-2-7/h7H,1-6H2,(H,10,11)(H,12,13). The number of hydrogen-bond acceptors (Lipinski definition) is 4. The van der Waals surface area contributed by atoms with E-state index in [0.717, 1.165) is 36.1 Å². The molecule has 86 valence electrons. The third-order valence-corrected chi connectivity index (χ3v) is 4.01. The van der Waals surface area contributed by atoms with Gasteiger partial charge in [-0.1, -0.05) is 0 Å². The van der Waals surface area contributed by atoms with Crippen LogP contribution in [0.2, 0.25) is 0 Å². The van der Waals surface area contributed by atoms with Crippen LogP contribution >= 0.6 is 23.5 Å². The Labute approximate surface area is 97.6 Å². The van der Waals surface area contributed by atoms with Crippen molar-refractivity contribution in [1.29, 1.82) is 0 Å². The van der Waals surface area contributed by atoms with Gasteiger partial charge in [-0.3, -0.25) is 9.59 Å². The van der Waals surface area contributed by atoms with Crippen molar-refractivity contribution in [3.63, 3.8) is 0 Å². The van der Waals surface area contributed by atoms with Crippen molar-refractivity contribution in [2.75, 3.05) is 23.0 Å². The van der Waals surface area contributed by atoms with Crippen LogP contribution in [-0.2, 0) is 9.59 Å². The lowest BCUT2D eigenvalue weighted by molar-refractivity contribution is -0.133. The second-order valence-corrected chi connectivity index (χ2v) is 5.55. The van der Waals surface area contributed by atoms with Gasteiger partial charge >= 0.3 is 5.97 Å². The van der Waals surface area contributed by atoms with E-state index in [0.29, 0.717) is 6.04 Å². The molecule has 1 rings (SSSR count). The molecule has 1 aliphatic heterocycles. The lowest BCUT2D eigenvalue weighted by Crippen LogP contribution is -2.38. The van der Waals surface area contributed by atoms with Gasteiger partial charge in [0.1, 0.15) is 0 Å². The first kappa shape index (κ1) is 12.7. The fraction of sp³-hybridized carbons (Fsp3) is 0.778. The van der Waals surface area contributed by atoms with E-state index in [1.54, 1.807) is 0 Å². The summed E-state index contributed by atoms with van der Waals surface area (Å²) >= 11 is 3.05. The third kappa shape index (κ3) is 5.94. The number of amides is 1. The highest BCUT2D eigenvalue weighted by Crippen LogP contribution is 2.16. The van der Waals surface area contributed by atoms with Gasteiger partial charge in [-0.05, 0) is 24.3 Å². The first-order valence-electron chi connectivity index (χ1n) is 4.85. The maximum absolute atomic E-state index is 11.4. The van der Waals surface area contributed by atoms with Crippen molar-refractivity contribution in [1.82, 2.24) is 5.32 Å². The van der Waals surface area contributed by atoms with Crippen LogP contribution in [0.1, 0.15) is 12.8 Å². The summed E-state index contributed by atoms with van der Waals surface area (Å²) in [6.07, 6.45) is 2.06. The van der Waals surface area contributed by atoms with Gasteiger partial charge in [-0.2, -0.15) is 11.8 Å². The predicted molar refractivity (Wildman–Crippen MR) is 63.5 cm³/mol. The summed E-state index contributed by atoms with van der Waals surface area (Å²) in [5, 5.41) is 11.3. The SMILES string of the molecule is O=C(O)CSCC(=O)NC1CCSCC1. The summed E-state index contributed by atoms with van der Waals surface area (Å²) < 4.78 is 0. The largest absolute Gasteiger partial charge is 0.481 e. The van der Waals surface area contributed by atoms with Crippen molar-refractivity contribution in [3.8, 4) is 0 Å². The molecule has 4 nitrogen and oxygen atoms in total. The highest BCUT2D eigenvalue weighted by atomic mass is 32.2. The molecular weight excluding hydrogens is 234 g/mol. The molecule has 0 bridgehead atoms. The molecule has 1 fully saturated rings. The number of hydrogen-bond donors (Lipinski definition) is 2. The van der Waals surface area contributed by atoms with E-state index >= 15 is 0 Å². The smallest absolute Gasteiger partial charge is 0.313 e. The average Bonchev–Trinajstić information content (AvgIpc) is 2.18. The number of carbonyl (C=O) groups excluding carboxylic acids is 1. The first-order valence-corrected chi connectivity index (χ1v) is 7.16. The zero-order valence-corrected chi connectivity index (χ0v) is 10.0. The van der Waals surface area contributed by atoms with Crippen LogP contribution in [-0.4, -0.2) is 46.0 Å². The van der Waals surface area contributed by atoms with Crippen molar-refractivity contribution >= 4 is 35.4 Å². The molecule has 6 heteroatoms. The minimum atomic E-state index is -0.873. The zero-order valence-electron chi connectivity index (χ0n) is 8.40. The maximum atomic E-state index is 11.4. The van der Waals surface area contributed by atoms with Gasteiger partial charge in [0, 0.05) is 6.04 Å². The van der Waals surface area contributed by atoms with Gasteiger partial charge in [-0.25, -0.2) is 0 Å². The molecule has 0 aromatic rings. The molecule has 1 heterocycles. The van der Waals surface area contributed by atoms with Crippen LogP contribution in [0.25, 0.3) is 0 Å². The Hall–Kier alpha value is -0.360. The van der Waals surface area contributed by atoms with Crippen molar-refractivity contribution in [2.24, 2.45) is 0 Å². The van der Waals surface area contributed by atoms with E-state index in [9.17, 15) is 9.59 Å². The third-order valence-electron chi connectivity index (χ3n) is 2.05. The average molecular weight is 249 g/mol. The monoisotopic (exact) mass is 249 g/mol. The molecule has 0 aromatic carbocycles. The molecule has 0 aliphatic carbocycles. The van der Waals surface area contributed by atoms with Crippen LogP contribution < -0.4 is 5.32 Å². The van der Waals surface area contributed by atoms with Gasteiger partial charge in [0.25, 0.3) is 0 Å². The quantitative estimate of drug-likeness (QED) is 0.755. The Morgan fingerprint density at radius 3 is 2.60 bits per heavy atom. The Balaban J connectivity index is 2.09. The Morgan fingerprint density at radius 1 is 1.33 bits per heavy atom. The lowest BCUT2D eigenvalue weighted by Gasteiger charge is -2.22. The number of aliphatic carboxylic acids is 1. The molecule has 0 radical (unpaired) electrons. The number of carboxylic acids is 1. The zero-order chi connectivity index (χ0) is 11.1. The molecule has 0 atom stereocenters.